The number of para-hydroxylation sites is 2. The Morgan fingerprint density at radius 3 is 0.871 bits per heavy atom. The number of anilines is 6. The Balaban J connectivity index is 0.956. The van der Waals surface area contributed by atoms with Crippen molar-refractivity contribution in [3.8, 4) is 55.6 Å². The molecule has 10 aromatic rings. The Hall–Kier alpha value is -8.20. The van der Waals surface area contributed by atoms with E-state index in [4.69, 9.17) is 8.22 Å². The Morgan fingerprint density at radius 1 is 0.194 bits per heavy atom. The first-order valence-electron chi connectivity index (χ1n) is 25.4. The molecule has 0 aromatic heterocycles. The lowest BCUT2D eigenvalue weighted by Crippen LogP contribution is -2.09. The van der Waals surface area contributed by atoms with E-state index in [0.29, 0.717) is 33.9 Å². The van der Waals surface area contributed by atoms with E-state index in [1.54, 1.807) is 58.3 Å². The molecule has 0 bridgehead atoms. The average Bonchev–Trinajstić information content (AvgIpc) is 3.42. The summed E-state index contributed by atoms with van der Waals surface area (Å²) in [5, 5.41) is 0. The highest BCUT2D eigenvalue weighted by molar-refractivity contribution is 5.83. The van der Waals surface area contributed by atoms with Gasteiger partial charge in [-0.2, -0.15) is 0 Å². The first kappa shape index (κ1) is 28.3. The maximum atomic E-state index is 9.20. The van der Waals surface area contributed by atoms with Crippen molar-refractivity contribution < 1.29 is 13.7 Å². The van der Waals surface area contributed by atoms with Gasteiger partial charge < -0.3 is 9.80 Å². The highest BCUT2D eigenvalue weighted by Crippen LogP contribution is 2.39. The maximum Gasteiger partial charge on any atom is 0.0645 e. The Kier molecular flexibility index (Phi) is 8.02. The third-order valence-electron chi connectivity index (χ3n) is 10.6. The van der Waals surface area contributed by atoms with E-state index in [2.05, 4.69) is 24.3 Å². The SMILES string of the molecule is [2H]c1ccccc1-c1c([2H])c([2H])c(N(c2ccccc2)c2ccc(-c3cccc(-c4cccc(-c5ccc(N(c6ccccc6)c6c([2H])c([2H])c(-c7ccccc7[2H])c([2H])c6[2H])cc5)c4)c3)cc2)c([2H])c1[2H]. The van der Waals surface area contributed by atoms with Crippen LogP contribution in [-0.2, 0) is 0 Å². The molecule has 0 heterocycles. The molecule has 0 fully saturated rings. The number of hydrogen-bond donors (Lipinski definition) is 0. The molecule has 2 heteroatoms. The first-order valence-corrected chi connectivity index (χ1v) is 20.4. The van der Waals surface area contributed by atoms with E-state index < -0.39 is 0 Å². The van der Waals surface area contributed by atoms with Crippen molar-refractivity contribution in [2.24, 2.45) is 0 Å². The standard InChI is InChI=1S/C60H44N2/c1-5-15-45(16-6-1)47-27-35-57(36-28-47)61(55-23-9-3-10-24-55)59-39-31-49(32-40-59)51-19-13-21-53(43-51)54-22-14-20-52(44-54)50-33-41-60(42-34-50)62(56-25-11-4-12-26-56)58-37-29-48(30-38-58)46-17-7-2-8-18-46/h1-44H/i15D,17D,27D,28D,29D,30D,35D,36D,37D,38D. The summed E-state index contributed by atoms with van der Waals surface area (Å²) in [5.74, 6) is 0. The second kappa shape index (κ2) is 17.6. The van der Waals surface area contributed by atoms with Crippen molar-refractivity contribution in [2.45, 2.75) is 0 Å². The van der Waals surface area contributed by atoms with Crippen LogP contribution in [0.1, 0.15) is 13.7 Å². The summed E-state index contributed by atoms with van der Waals surface area (Å²) >= 11 is 0. The highest BCUT2D eigenvalue weighted by atomic mass is 15.1. The normalized spacial score (nSPS) is 13.2. The van der Waals surface area contributed by atoms with E-state index in [1.807, 2.05) is 133 Å². The summed E-state index contributed by atoms with van der Waals surface area (Å²) in [6, 6.07) is 62.6. The van der Waals surface area contributed by atoms with Crippen LogP contribution in [0.5, 0.6) is 0 Å². The molecule has 0 unspecified atom stereocenters. The van der Waals surface area contributed by atoms with Gasteiger partial charge in [-0.25, -0.2) is 0 Å². The smallest absolute Gasteiger partial charge is 0.0645 e. The molecular formula is C60H44N2. The number of benzene rings is 10. The summed E-state index contributed by atoms with van der Waals surface area (Å²) in [4.78, 5) is 3.49. The second-order valence-electron chi connectivity index (χ2n) is 14.6. The van der Waals surface area contributed by atoms with Crippen LogP contribution in [0.15, 0.2) is 267 Å². The van der Waals surface area contributed by atoms with Gasteiger partial charge in [-0.15, -0.1) is 0 Å². The summed E-state index contributed by atoms with van der Waals surface area (Å²) in [6.45, 7) is 0. The molecule has 0 saturated heterocycles. The van der Waals surface area contributed by atoms with Gasteiger partial charge in [-0.3, -0.25) is 0 Å². The van der Waals surface area contributed by atoms with Crippen molar-refractivity contribution in [1.29, 1.82) is 0 Å². The van der Waals surface area contributed by atoms with Crippen LogP contribution in [0.4, 0.5) is 34.1 Å². The van der Waals surface area contributed by atoms with Crippen molar-refractivity contribution >= 4 is 34.1 Å². The fourth-order valence-electron chi connectivity index (χ4n) is 7.53. The van der Waals surface area contributed by atoms with Gasteiger partial charge >= 0.3 is 0 Å². The van der Waals surface area contributed by atoms with Gasteiger partial charge in [0.05, 0.1) is 13.7 Å². The van der Waals surface area contributed by atoms with Crippen molar-refractivity contribution in [2.75, 3.05) is 9.80 Å². The van der Waals surface area contributed by atoms with Crippen LogP contribution in [0.3, 0.4) is 0 Å². The second-order valence-corrected chi connectivity index (χ2v) is 14.6. The first-order chi connectivity index (χ1) is 34.9. The average molecular weight is 803 g/mol. The minimum absolute atomic E-state index is 0.0884. The van der Waals surface area contributed by atoms with Crippen molar-refractivity contribution in [3.63, 3.8) is 0 Å². The minimum Gasteiger partial charge on any atom is -0.311 e. The van der Waals surface area contributed by atoms with Crippen LogP contribution in [0.2, 0.25) is 0 Å². The molecule has 62 heavy (non-hydrogen) atoms. The molecule has 0 spiro atoms. The van der Waals surface area contributed by atoms with Gasteiger partial charge in [0.2, 0.25) is 0 Å². The van der Waals surface area contributed by atoms with Crippen LogP contribution in [0, 0.1) is 0 Å². The van der Waals surface area contributed by atoms with Gasteiger partial charge in [-0.05, 0) is 140 Å². The zero-order valence-electron chi connectivity index (χ0n) is 43.5. The summed E-state index contributed by atoms with van der Waals surface area (Å²) in [5.41, 5.74) is 9.47. The van der Waals surface area contributed by atoms with Crippen LogP contribution < -0.4 is 9.80 Å². The summed E-state index contributed by atoms with van der Waals surface area (Å²) in [6.07, 6.45) is 0. The van der Waals surface area contributed by atoms with Gasteiger partial charge in [0.25, 0.3) is 0 Å². The zero-order chi connectivity index (χ0) is 50.2. The zero-order valence-corrected chi connectivity index (χ0v) is 33.5. The largest absolute Gasteiger partial charge is 0.311 e. The van der Waals surface area contributed by atoms with Gasteiger partial charge in [0.15, 0.2) is 0 Å². The Morgan fingerprint density at radius 2 is 0.500 bits per heavy atom. The molecule has 10 aromatic carbocycles. The van der Waals surface area contributed by atoms with Gasteiger partial charge in [0, 0.05) is 34.1 Å². The van der Waals surface area contributed by atoms with E-state index in [0.717, 1.165) is 33.4 Å². The minimum atomic E-state index is -0.221. The van der Waals surface area contributed by atoms with Crippen molar-refractivity contribution in [3.05, 3.63) is 267 Å². The third-order valence-corrected chi connectivity index (χ3v) is 10.6. The lowest BCUT2D eigenvalue weighted by molar-refractivity contribution is 1.28. The molecule has 0 N–H and O–H groups in total. The molecule has 0 aliphatic rings. The van der Waals surface area contributed by atoms with Crippen molar-refractivity contribution in [1.82, 2.24) is 0 Å². The topological polar surface area (TPSA) is 6.48 Å². The summed E-state index contributed by atoms with van der Waals surface area (Å²) in [7, 11) is 0. The van der Waals surface area contributed by atoms with E-state index in [9.17, 15) is 5.48 Å². The number of nitrogens with zero attached hydrogens (tertiary/aromatic N) is 2. The van der Waals surface area contributed by atoms with E-state index in [1.165, 1.54) is 0 Å². The highest BCUT2D eigenvalue weighted by Gasteiger charge is 2.15. The van der Waals surface area contributed by atoms with Crippen LogP contribution >= 0.6 is 0 Å². The number of rotatable bonds is 11. The molecule has 294 valence electrons. The lowest BCUT2D eigenvalue weighted by Gasteiger charge is -2.26. The molecule has 0 aliphatic heterocycles. The molecule has 2 nitrogen and oxygen atoms in total. The molecule has 0 amide bonds. The van der Waals surface area contributed by atoms with Gasteiger partial charge in [-0.1, -0.05) is 182 Å². The molecule has 0 saturated carbocycles. The Bertz CT molecular complexity index is 3340. The fourth-order valence-corrected chi connectivity index (χ4v) is 7.53. The fraction of sp³-hybridized carbons (Fsp3) is 0. The van der Waals surface area contributed by atoms with Gasteiger partial charge in [0.1, 0.15) is 0 Å². The van der Waals surface area contributed by atoms with E-state index in [-0.39, 0.29) is 82.9 Å². The van der Waals surface area contributed by atoms with Crippen LogP contribution in [0.25, 0.3) is 55.6 Å². The number of hydrogen-bond acceptors (Lipinski definition) is 2. The third kappa shape index (κ3) is 8.18. The Labute approximate surface area is 379 Å². The molecule has 10 rings (SSSR count). The molecule has 0 aliphatic carbocycles. The quantitative estimate of drug-likeness (QED) is 0.129. The predicted molar refractivity (Wildman–Crippen MR) is 263 cm³/mol. The summed E-state index contributed by atoms with van der Waals surface area (Å²) < 4.78 is 89.8. The van der Waals surface area contributed by atoms with Crippen LogP contribution in [-0.4, -0.2) is 0 Å². The molecule has 0 atom stereocenters. The monoisotopic (exact) mass is 802 g/mol. The van der Waals surface area contributed by atoms with E-state index >= 15 is 0 Å². The molecule has 0 radical (unpaired) electrons. The predicted octanol–water partition coefficient (Wildman–Crippen LogP) is 17.0. The lowest BCUT2D eigenvalue weighted by atomic mass is 9.96. The molecular weight excluding hydrogens is 749 g/mol. The maximum absolute atomic E-state index is 9.20.